The summed E-state index contributed by atoms with van der Waals surface area (Å²) in [6.07, 6.45) is 1.07. The van der Waals surface area contributed by atoms with E-state index in [0.29, 0.717) is 29.6 Å². The molecule has 3 aromatic rings. The van der Waals surface area contributed by atoms with E-state index in [2.05, 4.69) is 10.6 Å². The van der Waals surface area contributed by atoms with Crippen LogP contribution in [0, 0.1) is 0 Å². The van der Waals surface area contributed by atoms with Crippen molar-refractivity contribution >= 4 is 34.3 Å². The third kappa shape index (κ3) is 2.91. The lowest BCUT2D eigenvalue weighted by Crippen LogP contribution is -2.25. The number of amides is 2. The summed E-state index contributed by atoms with van der Waals surface area (Å²) in [5.41, 5.74) is 3.40. The van der Waals surface area contributed by atoms with E-state index < -0.39 is 5.76 Å². The minimum absolute atomic E-state index is 0.00417. The molecule has 2 N–H and O–H groups in total. The predicted octanol–water partition coefficient (Wildman–Crippen LogP) is 2.12. The SMILES string of the molecule is O=C(Cn1c(=O)oc2ccccc21)Nc1ccc2c(c1)CCC(=O)N2. The van der Waals surface area contributed by atoms with Crippen LogP contribution in [0.15, 0.2) is 51.7 Å². The van der Waals surface area contributed by atoms with E-state index in [9.17, 15) is 14.4 Å². The Balaban J connectivity index is 1.53. The first-order valence-electron chi connectivity index (χ1n) is 7.91. The van der Waals surface area contributed by atoms with Crippen LogP contribution in [0.1, 0.15) is 12.0 Å². The molecule has 2 aromatic carbocycles. The van der Waals surface area contributed by atoms with Gasteiger partial charge >= 0.3 is 5.76 Å². The second-order valence-electron chi connectivity index (χ2n) is 5.89. The van der Waals surface area contributed by atoms with Crippen molar-refractivity contribution in [2.24, 2.45) is 0 Å². The van der Waals surface area contributed by atoms with Crippen LogP contribution < -0.4 is 16.4 Å². The summed E-state index contributed by atoms with van der Waals surface area (Å²) < 4.78 is 6.42. The van der Waals surface area contributed by atoms with Crippen molar-refractivity contribution in [3.05, 3.63) is 58.6 Å². The first kappa shape index (κ1) is 15.2. The molecule has 1 aliphatic heterocycles. The maximum Gasteiger partial charge on any atom is 0.420 e. The fourth-order valence-corrected chi connectivity index (χ4v) is 2.97. The first-order valence-corrected chi connectivity index (χ1v) is 7.91. The molecule has 1 aromatic heterocycles. The summed E-state index contributed by atoms with van der Waals surface area (Å²) >= 11 is 0. The number of carbonyl (C=O) groups is 2. The van der Waals surface area contributed by atoms with Gasteiger partial charge in [-0.1, -0.05) is 12.1 Å². The zero-order valence-corrected chi connectivity index (χ0v) is 13.2. The number of para-hydroxylation sites is 2. The lowest BCUT2D eigenvalue weighted by Gasteiger charge is -2.17. The fourth-order valence-electron chi connectivity index (χ4n) is 2.97. The molecule has 7 nitrogen and oxygen atoms in total. The quantitative estimate of drug-likeness (QED) is 0.765. The van der Waals surface area contributed by atoms with E-state index >= 15 is 0 Å². The molecule has 0 saturated carbocycles. The molecule has 4 rings (SSSR count). The number of anilines is 2. The van der Waals surface area contributed by atoms with Crippen molar-refractivity contribution in [3.63, 3.8) is 0 Å². The number of carbonyl (C=O) groups excluding carboxylic acids is 2. The number of fused-ring (bicyclic) bond motifs is 2. The minimum Gasteiger partial charge on any atom is -0.408 e. The highest BCUT2D eigenvalue weighted by atomic mass is 16.4. The summed E-state index contributed by atoms with van der Waals surface area (Å²) in [6, 6.07) is 12.3. The number of hydrogen-bond acceptors (Lipinski definition) is 4. The largest absolute Gasteiger partial charge is 0.420 e. The van der Waals surface area contributed by atoms with E-state index in [1.54, 1.807) is 36.4 Å². The summed E-state index contributed by atoms with van der Waals surface area (Å²) in [6.45, 7) is -0.135. The third-order valence-corrected chi connectivity index (χ3v) is 4.16. The highest BCUT2D eigenvalue weighted by Crippen LogP contribution is 2.25. The Kier molecular flexibility index (Phi) is 3.61. The van der Waals surface area contributed by atoms with Crippen LogP contribution in [0.25, 0.3) is 11.1 Å². The molecule has 7 heteroatoms. The second kappa shape index (κ2) is 5.94. The van der Waals surface area contributed by atoms with E-state index in [-0.39, 0.29) is 18.4 Å². The number of aromatic nitrogens is 1. The Morgan fingerprint density at radius 3 is 2.88 bits per heavy atom. The van der Waals surface area contributed by atoms with Gasteiger partial charge in [0.1, 0.15) is 6.54 Å². The lowest BCUT2D eigenvalue weighted by molar-refractivity contribution is -0.117. The molecule has 0 aliphatic carbocycles. The molecule has 0 atom stereocenters. The fraction of sp³-hybridized carbons (Fsp3) is 0.167. The summed E-state index contributed by atoms with van der Waals surface area (Å²) in [5.74, 6) is -0.895. The van der Waals surface area contributed by atoms with Crippen molar-refractivity contribution in [1.82, 2.24) is 4.57 Å². The maximum atomic E-state index is 12.3. The Bertz CT molecular complexity index is 1050. The third-order valence-electron chi connectivity index (χ3n) is 4.16. The van der Waals surface area contributed by atoms with Gasteiger partial charge in [0.05, 0.1) is 5.52 Å². The monoisotopic (exact) mass is 337 g/mol. The minimum atomic E-state index is -0.565. The van der Waals surface area contributed by atoms with Crippen LogP contribution in [0.2, 0.25) is 0 Å². The van der Waals surface area contributed by atoms with Gasteiger partial charge in [-0.25, -0.2) is 4.79 Å². The van der Waals surface area contributed by atoms with Crippen LogP contribution in [-0.4, -0.2) is 16.4 Å². The molecule has 2 heterocycles. The second-order valence-corrected chi connectivity index (χ2v) is 5.89. The van der Waals surface area contributed by atoms with Crippen molar-refractivity contribution in [2.75, 3.05) is 10.6 Å². The van der Waals surface area contributed by atoms with Gasteiger partial charge in [0.15, 0.2) is 5.58 Å². The maximum absolute atomic E-state index is 12.3. The van der Waals surface area contributed by atoms with E-state index in [0.717, 1.165) is 11.3 Å². The topological polar surface area (TPSA) is 93.3 Å². The van der Waals surface area contributed by atoms with Crippen LogP contribution in [-0.2, 0) is 22.6 Å². The molecule has 0 fully saturated rings. The number of benzene rings is 2. The molecule has 1 aliphatic rings. The number of rotatable bonds is 3. The smallest absolute Gasteiger partial charge is 0.408 e. The first-order chi connectivity index (χ1) is 12.1. The zero-order valence-electron chi connectivity index (χ0n) is 13.2. The van der Waals surface area contributed by atoms with E-state index in [4.69, 9.17) is 4.42 Å². The van der Waals surface area contributed by atoms with E-state index in [1.165, 1.54) is 4.57 Å². The molecule has 0 unspecified atom stereocenters. The van der Waals surface area contributed by atoms with Crippen molar-refractivity contribution in [3.8, 4) is 0 Å². The van der Waals surface area contributed by atoms with Crippen LogP contribution >= 0.6 is 0 Å². The van der Waals surface area contributed by atoms with Crippen molar-refractivity contribution in [1.29, 1.82) is 0 Å². The van der Waals surface area contributed by atoms with Crippen molar-refractivity contribution < 1.29 is 14.0 Å². The molecular weight excluding hydrogens is 322 g/mol. The Labute approximate surface area is 142 Å². The molecular formula is C18H15N3O4. The number of hydrogen-bond donors (Lipinski definition) is 2. The van der Waals surface area contributed by atoms with Gasteiger partial charge in [-0.2, -0.15) is 0 Å². The summed E-state index contributed by atoms with van der Waals surface area (Å²) in [5, 5.41) is 5.58. The predicted molar refractivity (Wildman–Crippen MR) is 92.5 cm³/mol. The van der Waals surface area contributed by atoms with Crippen LogP contribution in [0.3, 0.4) is 0 Å². The molecule has 25 heavy (non-hydrogen) atoms. The molecule has 0 saturated heterocycles. The van der Waals surface area contributed by atoms with Crippen molar-refractivity contribution in [2.45, 2.75) is 19.4 Å². The number of nitrogens with one attached hydrogen (secondary N) is 2. The Morgan fingerprint density at radius 1 is 1.16 bits per heavy atom. The zero-order chi connectivity index (χ0) is 17.4. The van der Waals surface area contributed by atoms with Gasteiger partial charge in [0.25, 0.3) is 0 Å². The van der Waals surface area contributed by atoms with Gasteiger partial charge in [-0.3, -0.25) is 14.2 Å². The number of oxazole rings is 1. The summed E-state index contributed by atoms with van der Waals surface area (Å²) in [7, 11) is 0. The molecule has 0 spiro atoms. The van der Waals surface area contributed by atoms with Crippen LogP contribution in [0.4, 0.5) is 11.4 Å². The standard InChI is InChI=1S/C18H15N3O4/c22-16-8-5-11-9-12(6-7-13(11)20-16)19-17(23)10-21-14-3-1-2-4-15(14)25-18(21)24/h1-4,6-7,9H,5,8,10H2,(H,19,23)(H,20,22). The summed E-state index contributed by atoms with van der Waals surface area (Å²) in [4.78, 5) is 35.6. The van der Waals surface area contributed by atoms with Gasteiger partial charge in [-0.05, 0) is 42.3 Å². The highest BCUT2D eigenvalue weighted by molar-refractivity contribution is 5.95. The average molecular weight is 337 g/mol. The van der Waals surface area contributed by atoms with Gasteiger partial charge in [0, 0.05) is 17.8 Å². The molecule has 0 bridgehead atoms. The van der Waals surface area contributed by atoms with Gasteiger partial charge in [-0.15, -0.1) is 0 Å². The number of nitrogens with zero attached hydrogens (tertiary/aromatic N) is 1. The molecule has 2 amide bonds. The lowest BCUT2D eigenvalue weighted by atomic mass is 10.0. The van der Waals surface area contributed by atoms with Crippen LogP contribution in [0.5, 0.6) is 0 Å². The highest BCUT2D eigenvalue weighted by Gasteiger charge is 2.16. The number of aryl methyl sites for hydroxylation is 1. The van der Waals surface area contributed by atoms with Gasteiger partial charge < -0.3 is 15.1 Å². The van der Waals surface area contributed by atoms with Gasteiger partial charge in [0.2, 0.25) is 11.8 Å². The normalized spacial score (nSPS) is 13.4. The Morgan fingerprint density at radius 2 is 2.00 bits per heavy atom. The van der Waals surface area contributed by atoms with E-state index in [1.807, 2.05) is 6.07 Å². The molecule has 0 radical (unpaired) electrons. The average Bonchev–Trinajstić information content (AvgIpc) is 2.91. The Hall–Kier alpha value is -3.35. The molecule has 126 valence electrons.